The van der Waals surface area contributed by atoms with Crippen LogP contribution in [-0.2, 0) is 13.1 Å². The number of anilines is 1. The number of nitriles is 1. The second-order valence-electron chi connectivity index (χ2n) is 5.08. The first-order valence-corrected chi connectivity index (χ1v) is 6.80. The smallest absolute Gasteiger partial charge is 0.258 e. The Bertz CT molecular complexity index is 746. The predicted octanol–water partition coefficient (Wildman–Crippen LogP) is 2.44. The Morgan fingerprint density at radius 2 is 1.95 bits per heavy atom. The Morgan fingerprint density at radius 1 is 1.19 bits per heavy atom. The highest BCUT2D eigenvalue weighted by Crippen LogP contribution is 2.22. The molecule has 0 atom stereocenters. The Kier molecular flexibility index (Phi) is 3.43. The van der Waals surface area contributed by atoms with Crippen molar-refractivity contribution in [2.24, 2.45) is 0 Å². The Labute approximate surface area is 123 Å². The maximum absolute atomic E-state index is 12.6. The van der Waals surface area contributed by atoms with E-state index in [4.69, 9.17) is 5.26 Å². The predicted molar refractivity (Wildman–Crippen MR) is 80.9 cm³/mol. The Hall–Kier alpha value is -2.64. The lowest BCUT2D eigenvalue weighted by molar-refractivity contribution is 0.0993. The molecule has 1 heterocycles. The molecule has 1 amide bonds. The second-order valence-corrected chi connectivity index (χ2v) is 5.08. The highest BCUT2D eigenvalue weighted by molar-refractivity contribution is 6.06. The maximum atomic E-state index is 12.6. The molecule has 2 aromatic carbocycles. The molecule has 21 heavy (non-hydrogen) atoms. The third kappa shape index (κ3) is 2.39. The summed E-state index contributed by atoms with van der Waals surface area (Å²) in [6, 6.07) is 15.0. The molecule has 4 nitrogen and oxygen atoms in total. The fourth-order valence-electron chi connectivity index (χ4n) is 2.59. The van der Waals surface area contributed by atoms with Crippen LogP contribution >= 0.6 is 0 Å². The van der Waals surface area contributed by atoms with Crippen molar-refractivity contribution in [1.29, 1.82) is 5.26 Å². The van der Waals surface area contributed by atoms with Crippen LogP contribution in [0.3, 0.4) is 0 Å². The number of carbonyl (C=O) groups excluding carboxylic acids is 1. The van der Waals surface area contributed by atoms with E-state index in [2.05, 4.69) is 11.4 Å². The van der Waals surface area contributed by atoms with Crippen molar-refractivity contribution in [3.8, 4) is 6.07 Å². The zero-order valence-corrected chi connectivity index (χ0v) is 11.8. The van der Waals surface area contributed by atoms with Gasteiger partial charge in [-0.3, -0.25) is 4.79 Å². The standard InChI is InChI=1S/C17H15N3O/c1-20(16-5-3-2-4-13(16)9-18)17(21)12-6-7-14-10-19-11-15(14)8-12/h2-8,19H,10-11H2,1H3. The van der Waals surface area contributed by atoms with Gasteiger partial charge in [0.05, 0.1) is 11.3 Å². The number of amides is 1. The van der Waals surface area contributed by atoms with Gasteiger partial charge in [-0.05, 0) is 35.4 Å². The van der Waals surface area contributed by atoms with Gasteiger partial charge in [0.15, 0.2) is 0 Å². The number of hydrogen-bond acceptors (Lipinski definition) is 3. The third-order valence-electron chi connectivity index (χ3n) is 3.77. The molecule has 0 saturated carbocycles. The summed E-state index contributed by atoms with van der Waals surface area (Å²) >= 11 is 0. The molecular weight excluding hydrogens is 262 g/mol. The van der Waals surface area contributed by atoms with Crippen molar-refractivity contribution in [3.63, 3.8) is 0 Å². The summed E-state index contributed by atoms with van der Waals surface area (Å²) in [6.07, 6.45) is 0. The monoisotopic (exact) mass is 277 g/mol. The summed E-state index contributed by atoms with van der Waals surface area (Å²) in [5.74, 6) is -0.104. The average molecular weight is 277 g/mol. The lowest BCUT2D eigenvalue weighted by Gasteiger charge is -2.19. The highest BCUT2D eigenvalue weighted by Gasteiger charge is 2.18. The van der Waals surface area contributed by atoms with Crippen LogP contribution < -0.4 is 10.2 Å². The molecular formula is C17H15N3O. The van der Waals surface area contributed by atoms with Crippen LogP contribution in [0.4, 0.5) is 5.69 Å². The summed E-state index contributed by atoms with van der Waals surface area (Å²) in [5, 5.41) is 12.4. The van der Waals surface area contributed by atoms with Crippen LogP contribution in [0.25, 0.3) is 0 Å². The van der Waals surface area contributed by atoms with Crippen molar-refractivity contribution >= 4 is 11.6 Å². The number of rotatable bonds is 2. The fourth-order valence-corrected chi connectivity index (χ4v) is 2.59. The lowest BCUT2D eigenvalue weighted by atomic mass is 10.1. The minimum absolute atomic E-state index is 0.104. The largest absolute Gasteiger partial charge is 0.310 e. The molecule has 3 rings (SSSR count). The van der Waals surface area contributed by atoms with Crippen molar-refractivity contribution < 1.29 is 4.79 Å². The molecule has 0 radical (unpaired) electrons. The van der Waals surface area contributed by atoms with Crippen LogP contribution in [0.15, 0.2) is 42.5 Å². The van der Waals surface area contributed by atoms with Crippen LogP contribution in [0.2, 0.25) is 0 Å². The van der Waals surface area contributed by atoms with Gasteiger partial charge in [-0.25, -0.2) is 0 Å². The first kappa shape index (κ1) is 13.3. The number of carbonyl (C=O) groups is 1. The molecule has 0 aromatic heterocycles. The van der Waals surface area contributed by atoms with E-state index >= 15 is 0 Å². The highest BCUT2D eigenvalue weighted by atomic mass is 16.2. The van der Waals surface area contributed by atoms with E-state index in [0.717, 1.165) is 13.1 Å². The maximum Gasteiger partial charge on any atom is 0.258 e. The summed E-state index contributed by atoms with van der Waals surface area (Å²) in [7, 11) is 1.70. The zero-order chi connectivity index (χ0) is 14.8. The minimum atomic E-state index is -0.104. The van der Waals surface area contributed by atoms with Crippen LogP contribution in [-0.4, -0.2) is 13.0 Å². The van der Waals surface area contributed by atoms with Gasteiger partial charge in [0.25, 0.3) is 5.91 Å². The van der Waals surface area contributed by atoms with E-state index in [1.807, 2.05) is 24.3 Å². The molecule has 0 bridgehead atoms. The first-order chi connectivity index (χ1) is 10.2. The Balaban J connectivity index is 1.93. The van der Waals surface area contributed by atoms with Gasteiger partial charge in [-0.15, -0.1) is 0 Å². The minimum Gasteiger partial charge on any atom is -0.310 e. The van der Waals surface area contributed by atoms with Crippen LogP contribution in [0.1, 0.15) is 27.0 Å². The topological polar surface area (TPSA) is 56.1 Å². The van der Waals surface area contributed by atoms with Crippen molar-refractivity contribution in [2.75, 3.05) is 11.9 Å². The van der Waals surface area contributed by atoms with Gasteiger partial charge < -0.3 is 10.2 Å². The van der Waals surface area contributed by atoms with E-state index in [0.29, 0.717) is 16.8 Å². The number of para-hydroxylation sites is 1. The van der Waals surface area contributed by atoms with Crippen molar-refractivity contribution in [2.45, 2.75) is 13.1 Å². The zero-order valence-electron chi connectivity index (χ0n) is 11.8. The average Bonchev–Trinajstić information content (AvgIpc) is 3.00. The molecule has 104 valence electrons. The fraction of sp³-hybridized carbons (Fsp3) is 0.176. The van der Waals surface area contributed by atoms with Crippen LogP contribution in [0, 0.1) is 11.3 Å². The molecule has 0 saturated heterocycles. The normalized spacial score (nSPS) is 12.6. The van der Waals surface area contributed by atoms with Crippen molar-refractivity contribution in [3.05, 3.63) is 64.7 Å². The van der Waals surface area contributed by atoms with Gasteiger partial charge in [-0.2, -0.15) is 5.26 Å². The molecule has 1 aliphatic heterocycles. The number of hydrogen-bond donors (Lipinski definition) is 1. The van der Waals surface area contributed by atoms with E-state index in [-0.39, 0.29) is 5.91 Å². The third-order valence-corrected chi connectivity index (χ3v) is 3.77. The van der Waals surface area contributed by atoms with E-state index in [1.54, 1.807) is 25.2 Å². The number of benzene rings is 2. The van der Waals surface area contributed by atoms with E-state index in [1.165, 1.54) is 16.0 Å². The van der Waals surface area contributed by atoms with E-state index in [9.17, 15) is 4.79 Å². The number of nitrogens with one attached hydrogen (secondary N) is 1. The molecule has 0 aliphatic carbocycles. The van der Waals surface area contributed by atoms with Crippen molar-refractivity contribution in [1.82, 2.24) is 5.32 Å². The molecule has 0 unspecified atom stereocenters. The summed E-state index contributed by atoms with van der Waals surface area (Å²) in [4.78, 5) is 14.1. The first-order valence-electron chi connectivity index (χ1n) is 6.80. The van der Waals surface area contributed by atoms with Gasteiger partial charge in [0.2, 0.25) is 0 Å². The number of nitrogens with zero attached hydrogens (tertiary/aromatic N) is 2. The SMILES string of the molecule is CN(C(=O)c1ccc2c(c1)CNC2)c1ccccc1C#N. The Morgan fingerprint density at radius 3 is 2.76 bits per heavy atom. The molecule has 4 heteroatoms. The quantitative estimate of drug-likeness (QED) is 0.917. The van der Waals surface area contributed by atoms with Crippen LogP contribution in [0.5, 0.6) is 0 Å². The van der Waals surface area contributed by atoms with E-state index < -0.39 is 0 Å². The second kappa shape index (κ2) is 5.39. The molecule has 0 spiro atoms. The molecule has 1 N–H and O–H groups in total. The summed E-state index contributed by atoms with van der Waals surface area (Å²) < 4.78 is 0. The molecule has 2 aromatic rings. The summed E-state index contributed by atoms with van der Waals surface area (Å²) in [6.45, 7) is 1.66. The summed E-state index contributed by atoms with van der Waals surface area (Å²) in [5.41, 5.74) is 4.18. The lowest BCUT2D eigenvalue weighted by Crippen LogP contribution is -2.27. The van der Waals surface area contributed by atoms with Gasteiger partial charge in [0.1, 0.15) is 6.07 Å². The van der Waals surface area contributed by atoms with Gasteiger partial charge in [0, 0.05) is 25.7 Å². The van der Waals surface area contributed by atoms with Gasteiger partial charge >= 0.3 is 0 Å². The molecule has 1 aliphatic rings. The molecule has 0 fully saturated rings. The van der Waals surface area contributed by atoms with Gasteiger partial charge in [-0.1, -0.05) is 18.2 Å². The number of fused-ring (bicyclic) bond motifs is 1.